The minimum Gasteiger partial charge on any atom is -0.492 e. The van der Waals surface area contributed by atoms with Crippen LogP contribution in [0.4, 0.5) is 11.5 Å². The number of nitrogens with one attached hydrogen (secondary N) is 2. The number of hydrogen-bond donors (Lipinski definition) is 3. The summed E-state index contributed by atoms with van der Waals surface area (Å²) in [4.78, 5) is 19.3. The van der Waals surface area contributed by atoms with Gasteiger partial charge in [-0.2, -0.15) is 8.42 Å². The topological polar surface area (TPSA) is 139 Å². The summed E-state index contributed by atoms with van der Waals surface area (Å²) in [6, 6.07) is 9.14. The molecule has 0 unspecified atom stereocenters. The van der Waals surface area contributed by atoms with Gasteiger partial charge in [-0.3, -0.25) is 9.52 Å². The van der Waals surface area contributed by atoms with Crippen molar-refractivity contribution in [3.8, 4) is 5.75 Å². The van der Waals surface area contributed by atoms with Crippen LogP contribution in [-0.2, 0) is 10.2 Å². The number of benzene rings is 1. The van der Waals surface area contributed by atoms with Crippen molar-refractivity contribution >= 4 is 33.5 Å². The number of amides is 1. The highest BCUT2D eigenvalue weighted by Gasteiger charge is 2.26. The van der Waals surface area contributed by atoms with Crippen LogP contribution < -0.4 is 25.4 Å². The molecule has 35 heavy (non-hydrogen) atoms. The van der Waals surface area contributed by atoms with Gasteiger partial charge in [0.1, 0.15) is 11.6 Å². The fourth-order valence-electron chi connectivity index (χ4n) is 5.00. The number of nitrogens with two attached hydrogens (primary N) is 1. The highest BCUT2D eigenvalue weighted by atomic mass is 32.2. The van der Waals surface area contributed by atoms with Crippen molar-refractivity contribution in [2.75, 3.05) is 29.3 Å². The normalized spacial score (nSPS) is 21.5. The monoisotopic (exact) mass is 498 g/mol. The van der Waals surface area contributed by atoms with Crippen LogP contribution in [0.2, 0.25) is 0 Å². The van der Waals surface area contributed by atoms with E-state index in [-0.39, 0.29) is 23.7 Å². The predicted molar refractivity (Wildman–Crippen MR) is 134 cm³/mol. The van der Waals surface area contributed by atoms with E-state index < -0.39 is 10.2 Å². The number of hydrogen-bond acceptors (Lipinski definition) is 7. The summed E-state index contributed by atoms with van der Waals surface area (Å²) < 4.78 is 35.6. The Bertz CT molecular complexity index is 1230. The Labute approximate surface area is 205 Å². The Hall–Kier alpha value is -3.34. The average Bonchev–Trinajstić information content (AvgIpc) is 3.35. The first-order valence-electron chi connectivity index (χ1n) is 12.0. The van der Waals surface area contributed by atoms with E-state index in [4.69, 9.17) is 10.5 Å². The van der Waals surface area contributed by atoms with E-state index in [1.54, 1.807) is 24.4 Å². The number of piperidine rings is 1. The molecule has 4 N–H and O–H groups in total. The minimum atomic E-state index is -3.83. The molecular weight excluding hydrogens is 468 g/mol. The van der Waals surface area contributed by atoms with Crippen molar-refractivity contribution < 1.29 is 17.9 Å². The summed E-state index contributed by atoms with van der Waals surface area (Å²) in [5, 5.41) is 3.10. The number of rotatable bonds is 6. The molecule has 2 aromatic rings. The zero-order chi connectivity index (χ0) is 24.4. The molecule has 1 aromatic heterocycles. The van der Waals surface area contributed by atoms with Crippen LogP contribution in [0.25, 0.3) is 0 Å². The third kappa shape index (κ3) is 5.34. The molecule has 0 spiro atoms. The van der Waals surface area contributed by atoms with Crippen molar-refractivity contribution in [2.45, 2.75) is 44.6 Å². The quantitative estimate of drug-likeness (QED) is 0.556. The summed E-state index contributed by atoms with van der Waals surface area (Å²) in [6.45, 7) is 2.11. The molecule has 0 bridgehead atoms. The van der Waals surface area contributed by atoms with Gasteiger partial charge in [0.05, 0.1) is 23.4 Å². The van der Waals surface area contributed by atoms with Crippen molar-refractivity contribution in [3.63, 3.8) is 0 Å². The molecule has 11 heteroatoms. The number of aromatic nitrogens is 1. The first kappa shape index (κ1) is 23.4. The van der Waals surface area contributed by atoms with Gasteiger partial charge in [0.2, 0.25) is 0 Å². The van der Waals surface area contributed by atoms with Crippen LogP contribution in [0, 0.1) is 5.92 Å². The fraction of sp³-hybridized carbons (Fsp3) is 0.458. The zero-order valence-corrected chi connectivity index (χ0v) is 20.3. The van der Waals surface area contributed by atoms with E-state index in [1.165, 1.54) is 12.8 Å². The molecular formula is C24H30N6O4S. The first-order valence-corrected chi connectivity index (χ1v) is 13.5. The molecule has 3 aliphatic rings. The largest absolute Gasteiger partial charge is 0.492 e. The lowest BCUT2D eigenvalue weighted by Crippen LogP contribution is -2.38. The number of carbonyl (C=O) groups excluding carboxylic acids is 1. The fourth-order valence-corrected chi connectivity index (χ4v) is 5.84. The Morgan fingerprint density at radius 1 is 1.17 bits per heavy atom. The smallest absolute Gasteiger partial charge is 0.344 e. The van der Waals surface area contributed by atoms with Gasteiger partial charge in [-0.05, 0) is 49.9 Å². The van der Waals surface area contributed by atoms with E-state index in [0.717, 1.165) is 44.6 Å². The van der Waals surface area contributed by atoms with Crippen molar-refractivity contribution in [2.24, 2.45) is 16.0 Å². The number of carbonyl (C=O) groups is 1. The van der Waals surface area contributed by atoms with Gasteiger partial charge in [0.15, 0.2) is 5.84 Å². The third-order valence-corrected chi connectivity index (χ3v) is 7.67. The second kappa shape index (κ2) is 9.73. The Morgan fingerprint density at radius 3 is 2.77 bits per heavy atom. The number of amidine groups is 1. The molecule has 1 saturated carbocycles. The van der Waals surface area contributed by atoms with Gasteiger partial charge in [0, 0.05) is 31.2 Å². The van der Waals surface area contributed by atoms with Gasteiger partial charge in [-0.25, -0.2) is 4.98 Å². The third-order valence-electron chi connectivity index (χ3n) is 6.76. The maximum absolute atomic E-state index is 12.5. The van der Waals surface area contributed by atoms with Crippen LogP contribution >= 0.6 is 0 Å². The minimum absolute atomic E-state index is 0.0582. The van der Waals surface area contributed by atoms with Crippen molar-refractivity contribution in [3.05, 3.63) is 47.7 Å². The lowest BCUT2D eigenvalue weighted by atomic mass is 9.99. The number of anilines is 2. The molecule has 0 radical (unpaired) electrons. The Morgan fingerprint density at radius 2 is 2.00 bits per heavy atom. The highest BCUT2D eigenvalue weighted by molar-refractivity contribution is 7.91. The first-order chi connectivity index (χ1) is 16.9. The van der Waals surface area contributed by atoms with E-state index in [0.29, 0.717) is 29.2 Å². The number of ether oxygens (including phenoxy) is 1. The summed E-state index contributed by atoms with van der Waals surface area (Å²) in [6.07, 6.45) is 8.10. The van der Waals surface area contributed by atoms with E-state index in [1.807, 2.05) is 12.1 Å². The molecule has 10 nitrogen and oxygen atoms in total. The molecule has 3 heterocycles. The molecule has 1 amide bonds. The lowest BCUT2D eigenvalue weighted by molar-refractivity contribution is 0.0937. The van der Waals surface area contributed by atoms with Gasteiger partial charge in [-0.1, -0.05) is 18.9 Å². The van der Waals surface area contributed by atoms with Gasteiger partial charge in [0.25, 0.3) is 5.91 Å². The van der Waals surface area contributed by atoms with Crippen LogP contribution in [0.5, 0.6) is 5.75 Å². The highest BCUT2D eigenvalue weighted by Crippen LogP contribution is 2.31. The molecule has 1 atom stereocenters. The van der Waals surface area contributed by atoms with Crippen LogP contribution in [-0.4, -0.2) is 50.9 Å². The van der Waals surface area contributed by atoms with Gasteiger partial charge >= 0.3 is 10.2 Å². The summed E-state index contributed by atoms with van der Waals surface area (Å²) in [5.74, 6) is 1.46. The summed E-state index contributed by atoms with van der Waals surface area (Å²) in [5.41, 5.74) is 7.32. The van der Waals surface area contributed by atoms with Crippen LogP contribution in [0.15, 0.2) is 40.9 Å². The summed E-state index contributed by atoms with van der Waals surface area (Å²) >= 11 is 0. The standard InChI is InChI=1S/C24H30N6O4S/c25-23-22-19(28-35(32,33)29-23)8-3-9-20(22)34-15-16-5-4-12-30(14-16)21-11-10-17(13-26-21)24(31)27-18-6-1-2-7-18/h3,8-11,13,16,18,28H,1-2,4-7,12,14-15H2,(H2,25,29)(H,27,31)/t16-/m0/s1. The summed E-state index contributed by atoms with van der Waals surface area (Å²) in [7, 11) is -3.83. The lowest BCUT2D eigenvalue weighted by Gasteiger charge is -2.33. The Balaban J connectivity index is 1.20. The van der Waals surface area contributed by atoms with E-state index in [2.05, 4.69) is 24.3 Å². The molecule has 186 valence electrons. The molecule has 1 aromatic carbocycles. The maximum atomic E-state index is 12.5. The van der Waals surface area contributed by atoms with E-state index >= 15 is 0 Å². The second-order valence-corrected chi connectivity index (χ2v) is 10.7. The van der Waals surface area contributed by atoms with Gasteiger partial charge < -0.3 is 20.7 Å². The molecule has 2 aliphatic heterocycles. The average molecular weight is 499 g/mol. The van der Waals surface area contributed by atoms with Crippen molar-refractivity contribution in [1.29, 1.82) is 0 Å². The van der Waals surface area contributed by atoms with Crippen molar-refractivity contribution in [1.82, 2.24) is 10.3 Å². The zero-order valence-electron chi connectivity index (χ0n) is 19.4. The van der Waals surface area contributed by atoms with Crippen LogP contribution in [0.1, 0.15) is 54.4 Å². The van der Waals surface area contributed by atoms with Gasteiger partial charge in [-0.15, -0.1) is 4.40 Å². The SMILES string of the molecule is NC1=NS(=O)(=O)Nc2cccc(OC[C@H]3CCCN(c4ccc(C(=O)NC5CCCC5)cn4)C3)c21. The van der Waals surface area contributed by atoms with E-state index in [9.17, 15) is 13.2 Å². The number of fused-ring (bicyclic) bond motifs is 1. The molecule has 1 aliphatic carbocycles. The molecule has 1 saturated heterocycles. The Kier molecular flexibility index (Phi) is 6.50. The second-order valence-electron chi connectivity index (χ2n) is 9.36. The maximum Gasteiger partial charge on any atom is 0.344 e. The molecule has 2 fully saturated rings. The van der Waals surface area contributed by atoms with Crippen LogP contribution in [0.3, 0.4) is 0 Å². The number of pyridine rings is 1. The predicted octanol–water partition coefficient (Wildman–Crippen LogP) is 2.42. The number of nitrogens with zero attached hydrogens (tertiary/aromatic N) is 3. The molecule has 5 rings (SSSR count).